The van der Waals surface area contributed by atoms with E-state index in [2.05, 4.69) is 5.32 Å². The van der Waals surface area contributed by atoms with Crippen LogP contribution in [0.15, 0.2) is 42.5 Å². The van der Waals surface area contributed by atoms with Crippen LogP contribution in [0, 0.1) is 0 Å². The smallest absolute Gasteiger partial charge is 0.251 e. The first-order chi connectivity index (χ1) is 11.2. The molecule has 0 aliphatic carbocycles. The van der Waals surface area contributed by atoms with Gasteiger partial charge in [0.05, 0.1) is 13.7 Å². The van der Waals surface area contributed by atoms with Crippen molar-refractivity contribution >= 4 is 5.91 Å². The second-order valence-corrected chi connectivity index (χ2v) is 4.80. The lowest BCUT2D eigenvalue weighted by Gasteiger charge is -2.13. The van der Waals surface area contributed by atoms with Crippen LogP contribution in [0.25, 0.3) is 0 Å². The highest BCUT2D eigenvalue weighted by molar-refractivity contribution is 5.94. The average Bonchev–Trinajstić information content (AvgIpc) is 2.60. The fourth-order valence-electron chi connectivity index (χ4n) is 2.13. The van der Waals surface area contributed by atoms with Crippen molar-refractivity contribution in [2.75, 3.05) is 20.8 Å². The molecule has 0 heterocycles. The molecule has 122 valence electrons. The lowest BCUT2D eigenvalue weighted by Crippen LogP contribution is -2.18. The molecule has 2 aromatic carbocycles. The maximum absolute atomic E-state index is 11.8. The minimum atomic E-state index is -0.143. The zero-order valence-corrected chi connectivity index (χ0v) is 13.6. The highest BCUT2D eigenvalue weighted by Gasteiger charge is 2.10. The van der Waals surface area contributed by atoms with Gasteiger partial charge in [-0.3, -0.25) is 4.79 Å². The number of methoxy groups -OCH3 is 1. The van der Waals surface area contributed by atoms with Gasteiger partial charge < -0.3 is 19.5 Å². The predicted octanol–water partition coefficient (Wildman–Crippen LogP) is 3.03. The van der Waals surface area contributed by atoms with E-state index in [9.17, 15) is 4.79 Å². The Bertz CT molecular complexity index is 670. The fourth-order valence-corrected chi connectivity index (χ4v) is 2.13. The molecule has 0 atom stereocenters. The van der Waals surface area contributed by atoms with Crippen LogP contribution in [-0.2, 0) is 6.61 Å². The summed E-state index contributed by atoms with van der Waals surface area (Å²) in [5, 5.41) is 2.61. The van der Waals surface area contributed by atoms with Crippen LogP contribution in [0.1, 0.15) is 22.8 Å². The van der Waals surface area contributed by atoms with Crippen molar-refractivity contribution in [3.63, 3.8) is 0 Å². The first-order valence-electron chi connectivity index (χ1n) is 7.42. The van der Waals surface area contributed by atoms with Gasteiger partial charge in [-0.25, -0.2) is 0 Å². The van der Waals surface area contributed by atoms with E-state index >= 15 is 0 Å². The number of rotatable bonds is 7. The second-order valence-electron chi connectivity index (χ2n) is 4.80. The molecule has 0 saturated carbocycles. The monoisotopic (exact) mass is 315 g/mol. The number of ether oxygens (including phenoxy) is 3. The molecule has 0 aliphatic heterocycles. The molecule has 2 rings (SSSR count). The van der Waals surface area contributed by atoms with Crippen molar-refractivity contribution in [3.05, 3.63) is 53.6 Å². The van der Waals surface area contributed by atoms with Crippen LogP contribution >= 0.6 is 0 Å². The Labute approximate surface area is 136 Å². The number of hydrogen-bond acceptors (Lipinski definition) is 4. The van der Waals surface area contributed by atoms with Gasteiger partial charge in [0.15, 0.2) is 0 Å². The van der Waals surface area contributed by atoms with E-state index in [1.165, 1.54) is 0 Å². The van der Waals surface area contributed by atoms with Crippen LogP contribution in [0.4, 0.5) is 0 Å². The van der Waals surface area contributed by atoms with Gasteiger partial charge >= 0.3 is 0 Å². The van der Waals surface area contributed by atoms with E-state index < -0.39 is 0 Å². The minimum Gasteiger partial charge on any atom is -0.497 e. The Morgan fingerprint density at radius 3 is 2.57 bits per heavy atom. The summed E-state index contributed by atoms with van der Waals surface area (Å²) < 4.78 is 16.6. The molecule has 5 heteroatoms. The standard InChI is InChI=1S/C18H21NO4/c1-4-22-17-9-8-13(18(20)19-2)10-14(17)12-23-16-7-5-6-15(11-16)21-3/h5-11H,4,12H2,1-3H3,(H,19,20). The molecular formula is C18H21NO4. The summed E-state index contributed by atoms with van der Waals surface area (Å²) in [6.07, 6.45) is 0. The molecule has 0 fully saturated rings. The molecule has 0 radical (unpaired) electrons. The summed E-state index contributed by atoms with van der Waals surface area (Å²) in [6.45, 7) is 2.76. The molecule has 0 saturated heterocycles. The highest BCUT2D eigenvalue weighted by Crippen LogP contribution is 2.24. The third-order valence-electron chi connectivity index (χ3n) is 3.29. The average molecular weight is 315 g/mol. The molecule has 2 aromatic rings. The number of amides is 1. The van der Waals surface area contributed by atoms with Crippen LogP contribution in [0.5, 0.6) is 17.2 Å². The first kappa shape index (κ1) is 16.7. The zero-order valence-electron chi connectivity index (χ0n) is 13.6. The maximum Gasteiger partial charge on any atom is 0.251 e. The summed E-state index contributed by atoms with van der Waals surface area (Å²) in [5.74, 6) is 1.99. The quantitative estimate of drug-likeness (QED) is 0.853. The molecule has 0 bridgehead atoms. The SMILES string of the molecule is CCOc1ccc(C(=O)NC)cc1COc1cccc(OC)c1. The lowest BCUT2D eigenvalue weighted by molar-refractivity contribution is 0.0963. The van der Waals surface area contributed by atoms with Gasteiger partial charge in [-0.05, 0) is 37.3 Å². The van der Waals surface area contributed by atoms with E-state index in [1.807, 2.05) is 31.2 Å². The Morgan fingerprint density at radius 2 is 1.87 bits per heavy atom. The number of benzene rings is 2. The molecular weight excluding hydrogens is 294 g/mol. The van der Waals surface area contributed by atoms with Gasteiger partial charge in [0, 0.05) is 24.2 Å². The summed E-state index contributed by atoms with van der Waals surface area (Å²) in [4.78, 5) is 11.8. The number of nitrogens with one attached hydrogen (secondary N) is 1. The van der Waals surface area contributed by atoms with Gasteiger partial charge in [-0.1, -0.05) is 6.07 Å². The van der Waals surface area contributed by atoms with Crippen molar-refractivity contribution in [1.29, 1.82) is 0 Å². The van der Waals surface area contributed by atoms with Gasteiger partial charge in [0.2, 0.25) is 0 Å². The first-order valence-corrected chi connectivity index (χ1v) is 7.42. The van der Waals surface area contributed by atoms with Gasteiger partial charge in [-0.2, -0.15) is 0 Å². The largest absolute Gasteiger partial charge is 0.497 e. The van der Waals surface area contributed by atoms with E-state index in [1.54, 1.807) is 32.4 Å². The predicted molar refractivity (Wildman–Crippen MR) is 88.3 cm³/mol. The summed E-state index contributed by atoms with van der Waals surface area (Å²) in [7, 11) is 3.21. The molecule has 0 aromatic heterocycles. The number of carbonyl (C=O) groups excluding carboxylic acids is 1. The molecule has 5 nitrogen and oxygen atoms in total. The van der Waals surface area contributed by atoms with E-state index in [0.29, 0.717) is 30.3 Å². The van der Waals surface area contributed by atoms with Crippen molar-refractivity contribution < 1.29 is 19.0 Å². The number of carbonyl (C=O) groups is 1. The summed E-state index contributed by atoms with van der Waals surface area (Å²) in [6, 6.07) is 12.7. The zero-order chi connectivity index (χ0) is 16.7. The van der Waals surface area contributed by atoms with E-state index in [-0.39, 0.29) is 5.91 Å². The van der Waals surface area contributed by atoms with Crippen LogP contribution in [-0.4, -0.2) is 26.7 Å². The van der Waals surface area contributed by atoms with E-state index in [4.69, 9.17) is 14.2 Å². The van der Waals surface area contributed by atoms with Crippen LogP contribution in [0.3, 0.4) is 0 Å². The Balaban J connectivity index is 2.19. The normalized spacial score (nSPS) is 10.0. The molecule has 0 unspecified atom stereocenters. The third-order valence-corrected chi connectivity index (χ3v) is 3.29. The van der Waals surface area contributed by atoms with Crippen molar-refractivity contribution in [1.82, 2.24) is 5.32 Å². The van der Waals surface area contributed by atoms with Crippen molar-refractivity contribution in [2.24, 2.45) is 0 Å². The Kier molecular flexibility index (Phi) is 5.86. The Hall–Kier alpha value is -2.69. The highest BCUT2D eigenvalue weighted by atomic mass is 16.5. The van der Waals surface area contributed by atoms with Crippen LogP contribution < -0.4 is 19.5 Å². The summed E-state index contributed by atoms with van der Waals surface area (Å²) in [5.41, 5.74) is 1.39. The molecule has 0 spiro atoms. The van der Waals surface area contributed by atoms with Gasteiger partial charge in [0.1, 0.15) is 23.9 Å². The fraction of sp³-hybridized carbons (Fsp3) is 0.278. The van der Waals surface area contributed by atoms with E-state index in [0.717, 1.165) is 11.3 Å². The van der Waals surface area contributed by atoms with Crippen molar-refractivity contribution in [2.45, 2.75) is 13.5 Å². The summed E-state index contributed by atoms with van der Waals surface area (Å²) >= 11 is 0. The molecule has 0 aliphatic rings. The molecule has 1 N–H and O–H groups in total. The second kappa shape index (κ2) is 8.08. The topological polar surface area (TPSA) is 56.8 Å². The number of hydrogen-bond donors (Lipinski definition) is 1. The van der Waals surface area contributed by atoms with Gasteiger partial charge in [-0.15, -0.1) is 0 Å². The van der Waals surface area contributed by atoms with Crippen molar-refractivity contribution in [3.8, 4) is 17.2 Å². The Morgan fingerprint density at radius 1 is 1.09 bits per heavy atom. The third kappa shape index (κ3) is 4.39. The minimum absolute atomic E-state index is 0.143. The molecule has 23 heavy (non-hydrogen) atoms. The lowest BCUT2D eigenvalue weighted by atomic mass is 10.1. The maximum atomic E-state index is 11.8. The van der Waals surface area contributed by atoms with Gasteiger partial charge in [0.25, 0.3) is 5.91 Å². The van der Waals surface area contributed by atoms with Crippen LogP contribution in [0.2, 0.25) is 0 Å². The molecule has 1 amide bonds.